The number of rotatable bonds is 7. The van der Waals surface area contributed by atoms with Crippen molar-refractivity contribution in [1.82, 2.24) is 9.29 Å². The molecule has 1 N–H and O–H groups in total. The molecule has 0 saturated heterocycles. The number of hydrogen-bond acceptors (Lipinski definition) is 4. The van der Waals surface area contributed by atoms with Crippen LogP contribution in [0.1, 0.15) is 27.2 Å². The van der Waals surface area contributed by atoms with Crippen LogP contribution < -0.4 is 5.32 Å². The second kappa shape index (κ2) is 6.70. The van der Waals surface area contributed by atoms with E-state index >= 15 is 0 Å². The van der Waals surface area contributed by atoms with E-state index in [0.29, 0.717) is 25.5 Å². The summed E-state index contributed by atoms with van der Waals surface area (Å²) in [5.74, 6) is 0.426. The minimum Gasteiger partial charge on any atom is -0.369 e. The predicted molar refractivity (Wildman–Crippen MR) is 73.1 cm³/mol. The van der Waals surface area contributed by atoms with E-state index in [1.165, 1.54) is 4.31 Å². The highest BCUT2D eigenvalue weighted by molar-refractivity contribution is 7.89. The van der Waals surface area contributed by atoms with E-state index in [0.717, 1.165) is 6.42 Å². The number of aromatic nitrogens is 1. The van der Waals surface area contributed by atoms with Crippen molar-refractivity contribution in [3.8, 4) is 0 Å². The summed E-state index contributed by atoms with van der Waals surface area (Å²) in [6, 6.07) is 3.24. The first-order valence-corrected chi connectivity index (χ1v) is 7.70. The van der Waals surface area contributed by atoms with Crippen molar-refractivity contribution in [2.24, 2.45) is 0 Å². The van der Waals surface area contributed by atoms with Gasteiger partial charge in [0.1, 0.15) is 10.7 Å². The molecule has 0 unspecified atom stereocenters. The van der Waals surface area contributed by atoms with Crippen molar-refractivity contribution in [1.29, 1.82) is 0 Å². The van der Waals surface area contributed by atoms with Gasteiger partial charge in [-0.05, 0) is 25.5 Å². The van der Waals surface area contributed by atoms with Gasteiger partial charge in [-0.15, -0.1) is 0 Å². The first-order chi connectivity index (χ1) is 8.57. The van der Waals surface area contributed by atoms with E-state index in [1.807, 2.05) is 20.8 Å². The fraction of sp³-hybridized carbons (Fsp3) is 0.583. The summed E-state index contributed by atoms with van der Waals surface area (Å²) in [7, 11) is -3.46. The molecule has 0 aromatic carbocycles. The number of anilines is 1. The van der Waals surface area contributed by atoms with Crippen molar-refractivity contribution >= 4 is 15.8 Å². The van der Waals surface area contributed by atoms with Crippen LogP contribution in [-0.2, 0) is 10.0 Å². The van der Waals surface area contributed by atoms with Gasteiger partial charge >= 0.3 is 0 Å². The Morgan fingerprint density at radius 3 is 2.61 bits per heavy atom. The molecule has 0 aliphatic rings. The summed E-state index contributed by atoms with van der Waals surface area (Å²) >= 11 is 0. The zero-order valence-corrected chi connectivity index (χ0v) is 12.0. The monoisotopic (exact) mass is 271 g/mol. The quantitative estimate of drug-likeness (QED) is 0.823. The molecule has 1 aromatic heterocycles. The van der Waals surface area contributed by atoms with E-state index in [1.54, 1.807) is 18.3 Å². The van der Waals surface area contributed by atoms with E-state index in [2.05, 4.69) is 10.3 Å². The van der Waals surface area contributed by atoms with E-state index in [-0.39, 0.29) is 4.90 Å². The minimum atomic E-state index is -3.46. The Hall–Kier alpha value is -1.14. The predicted octanol–water partition coefficient (Wildman–Crippen LogP) is 1.93. The topological polar surface area (TPSA) is 62.3 Å². The zero-order valence-electron chi connectivity index (χ0n) is 11.2. The fourth-order valence-corrected chi connectivity index (χ4v) is 3.40. The Kier molecular flexibility index (Phi) is 5.55. The molecule has 0 radical (unpaired) electrons. The van der Waals surface area contributed by atoms with Crippen LogP contribution >= 0.6 is 0 Å². The molecule has 1 rings (SSSR count). The van der Waals surface area contributed by atoms with Gasteiger partial charge in [0.15, 0.2) is 0 Å². The third-order valence-corrected chi connectivity index (χ3v) is 4.56. The average molecular weight is 271 g/mol. The van der Waals surface area contributed by atoms with Gasteiger partial charge in [-0.3, -0.25) is 0 Å². The summed E-state index contributed by atoms with van der Waals surface area (Å²) in [6.07, 6.45) is 2.39. The molecule has 102 valence electrons. The fourth-order valence-electron chi connectivity index (χ4n) is 1.74. The highest BCUT2D eigenvalue weighted by Gasteiger charge is 2.25. The van der Waals surface area contributed by atoms with Gasteiger partial charge in [-0.25, -0.2) is 13.4 Å². The van der Waals surface area contributed by atoms with Gasteiger partial charge in [-0.1, -0.05) is 13.8 Å². The van der Waals surface area contributed by atoms with Crippen LogP contribution in [0.15, 0.2) is 23.2 Å². The van der Waals surface area contributed by atoms with Gasteiger partial charge < -0.3 is 5.32 Å². The molecule has 1 aromatic rings. The largest absolute Gasteiger partial charge is 0.369 e. The molecule has 0 fully saturated rings. The van der Waals surface area contributed by atoms with Crippen molar-refractivity contribution in [3.63, 3.8) is 0 Å². The second-order valence-electron chi connectivity index (χ2n) is 3.88. The third-order valence-electron chi connectivity index (χ3n) is 2.56. The Morgan fingerprint density at radius 2 is 2.06 bits per heavy atom. The molecule has 1 heterocycles. The summed E-state index contributed by atoms with van der Waals surface area (Å²) in [6.45, 7) is 7.35. The van der Waals surface area contributed by atoms with Crippen LogP contribution in [0.3, 0.4) is 0 Å². The van der Waals surface area contributed by atoms with Crippen LogP contribution in [0.5, 0.6) is 0 Å². The molecule has 5 nitrogen and oxygen atoms in total. The summed E-state index contributed by atoms with van der Waals surface area (Å²) in [5.41, 5.74) is 0. The third kappa shape index (κ3) is 3.20. The van der Waals surface area contributed by atoms with Gasteiger partial charge in [0, 0.05) is 25.8 Å². The highest BCUT2D eigenvalue weighted by Crippen LogP contribution is 2.22. The lowest BCUT2D eigenvalue weighted by atomic mass is 10.4. The maximum absolute atomic E-state index is 12.5. The Labute approximate surface area is 109 Å². The normalized spacial score (nSPS) is 11.8. The molecule has 0 amide bonds. The lowest BCUT2D eigenvalue weighted by molar-refractivity contribution is 0.427. The maximum Gasteiger partial charge on any atom is 0.246 e. The van der Waals surface area contributed by atoms with Crippen LogP contribution in [0, 0.1) is 0 Å². The lowest BCUT2D eigenvalue weighted by Crippen LogP contribution is -2.32. The molecule has 0 atom stereocenters. The van der Waals surface area contributed by atoms with Gasteiger partial charge in [0.25, 0.3) is 0 Å². The molecular weight excluding hydrogens is 250 g/mol. The minimum absolute atomic E-state index is 0.252. The lowest BCUT2D eigenvalue weighted by Gasteiger charge is -2.21. The van der Waals surface area contributed by atoms with E-state index in [4.69, 9.17) is 0 Å². The number of sulfonamides is 1. The molecular formula is C12H21N3O2S. The van der Waals surface area contributed by atoms with Crippen LogP contribution in [0.25, 0.3) is 0 Å². The molecule has 0 spiro atoms. The van der Waals surface area contributed by atoms with Crippen LogP contribution in [0.2, 0.25) is 0 Å². The first kappa shape index (κ1) is 14.9. The number of nitrogens with zero attached hydrogens (tertiary/aromatic N) is 2. The highest BCUT2D eigenvalue weighted by atomic mass is 32.2. The van der Waals surface area contributed by atoms with Crippen LogP contribution in [-0.4, -0.2) is 37.3 Å². The average Bonchev–Trinajstić information content (AvgIpc) is 2.36. The second-order valence-corrected chi connectivity index (χ2v) is 5.78. The van der Waals surface area contributed by atoms with Crippen molar-refractivity contribution < 1.29 is 8.42 Å². The van der Waals surface area contributed by atoms with Crippen molar-refractivity contribution in [2.75, 3.05) is 25.0 Å². The van der Waals surface area contributed by atoms with Crippen LogP contribution in [0.4, 0.5) is 5.82 Å². The Balaban J connectivity index is 3.18. The van der Waals surface area contributed by atoms with Crippen molar-refractivity contribution in [3.05, 3.63) is 18.3 Å². The van der Waals surface area contributed by atoms with Gasteiger partial charge in [-0.2, -0.15) is 4.31 Å². The Morgan fingerprint density at radius 1 is 1.33 bits per heavy atom. The smallest absolute Gasteiger partial charge is 0.246 e. The van der Waals surface area contributed by atoms with Gasteiger partial charge in [0.2, 0.25) is 10.0 Å². The zero-order chi connectivity index (χ0) is 13.6. The number of hydrogen-bond donors (Lipinski definition) is 1. The maximum atomic E-state index is 12.5. The van der Waals surface area contributed by atoms with Crippen molar-refractivity contribution in [2.45, 2.75) is 32.1 Å². The number of pyridine rings is 1. The SMILES string of the molecule is CCCN(CC)S(=O)(=O)c1cccnc1NCC. The molecule has 18 heavy (non-hydrogen) atoms. The molecule has 6 heteroatoms. The molecule has 0 aliphatic heterocycles. The van der Waals surface area contributed by atoms with E-state index < -0.39 is 10.0 Å². The standard InChI is InChI=1S/C12H21N3O2S/c1-4-10-15(6-3)18(16,17)11-8-7-9-14-12(11)13-5-2/h7-9H,4-6,10H2,1-3H3,(H,13,14). The van der Waals surface area contributed by atoms with E-state index in [9.17, 15) is 8.42 Å². The first-order valence-electron chi connectivity index (χ1n) is 6.26. The molecule has 0 saturated carbocycles. The summed E-state index contributed by atoms with van der Waals surface area (Å²) in [4.78, 5) is 4.35. The summed E-state index contributed by atoms with van der Waals surface area (Å²) in [5, 5.41) is 2.99. The number of nitrogens with one attached hydrogen (secondary N) is 1. The molecule has 0 bridgehead atoms. The van der Waals surface area contributed by atoms with Gasteiger partial charge in [0.05, 0.1) is 0 Å². The summed E-state index contributed by atoms with van der Waals surface area (Å²) < 4.78 is 26.5. The molecule has 0 aliphatic carbocycles. The Bertz CT molecular complexity index is 474.